The minimum Gasteiger partial charge on any atom is -0.465 e. The van der Waals surface area contributed by atoms with Crippen LogP contribution in [0.4, 0.5) is 5.82 Å². The van der Waals surface area contributed by atoms with E-state index in [1.807, 2.05) is 19.9 Å². The van der Waals surface area contributed by atoms with Crippen molar-refractivity contribution in [3.05, 3.63) is 22.9 Å². The van der Waals surface area contributed by atoms with Crippen LogP contribution in [0.15, 0.2) is 6.07 Å². The minimum absolute atomic E-state index is 0. The Hall–Kier alpha value is -1.33. The van der Waals surface area contributed by atoms with Gasteiger partial charge in [-0.25, -0.2) is 9.78 Å². The molecule has 2 atom stereocenters. The standard InChI is InChI=1S/C14H19N3O2.ClH/c1-8-4-12(16-9(2)13(8)14(18)19-3)17-6-10-5-15-11(10)7-17;/h4,10-11,15H,5-7H2,1-3H3;1H. The van der Waals surface area contributed by atoms with Crippen molar-refractivity contribution in [2.75, 3.05) is 31.6 Å². The van der Waals surface area contributed by atoms with Gasteiger partial charge in [0.15, 0.2) is 0 Å². The first-order valence-corrected chi connectivity index (χ1v) is 6.65. The van der Waals surface area contributed by atoms with Gasteiger partial charge in [0.2, 0.25) is 0 Å². The monoisotopic (exact) mass is 297 g/mol. The second-order valence-corrected chi connectivity index (χ2v) is 5.43. The van der Waals surface area contributed by atoms with Crippen LogP contribution < -0.4 is 10.2 Å². The van der Waals surface area contributed by atoms with E-state index < -0.39 is 0 Å². The Morgan fingerprint density at radius 2 is 2.20 bits per heavy atom. The zero-order valence-electron chi connectivity index (χ0n) is 12.0. The van der Waals surface area contributed by atoms with E-state index in [0.717, 1.165) is 42.6 Å². The van der Waals surface area contributed by atoms with Crippen LogP contribution >= 0.6 is 12.4 Å². The van der Waals surface area contributed by atoms with Gasteiger partial charge in [-0.2, -0.15) is 0 Å². The maximum Gasteiger partial charge on any atom is 0.339 e. The quantitative estimate of drug-likeness (QED) is 0.834. The summed E-state index contributed by atoms with van der Waals surface area (Å²) in [4.78, 5) is 18.6. The van der Waals surface area contributed by atoms with Gasteiger partial charge >= 0.3 is 5.97 Å². The van der Waals surface area contributed by atoms with E-state index in [1.165, 1.54) is 7.11 Å². The molecule has 0 aromatic carbocycles. The Labute approximate surface area is 125 Å². The van der Waals surface area contributed by atoms with Gasteiger partial charge in [0.1, 0.15) is 5.82 Å². The van der Waals surface area contributed by atoms with E-state index in [-0.39, 0.29) is 18.4 Å². The number of methoxy groups -OCH3 is 1. The van der Waals surface area contributed by atoms with Crippen LogP contribution in [0.3, 0.4) is 0 Å². The number of anilines is 1. The van der Waals surface area contributed by atoms with Crippen molar-refractivity contribution in [1.82, 2.24) is 10.3 Å². The molecule has 5 nitrogen and oxygen atoms in total. The van der Waals surface area contributed by atoms with Gasteiger partial charge in [-0.1, -0.05) is 0 Å². The fraction of sp³-hybridized carbons (Fsp3) is 0.571. The van der Waals surface area contributed by atoms with E-state index >= 15 is 0 Å². The lowest BCUT2D eigenvalue weighted by Gasteiger charge is -2.29. The fourth-order valence-electron chi connectivity index (χ4n) is 3.02. The van der Waals surface area contributed by atoms with Crippen LogP contribution in [-0.4, -0.2) is 43.7 Å². The first-order chi connectivity index (χ1) is 9.10. The number of carbonyl (C=O) groups excluding carboxylic acids is 1. The zero-order chi connectivity index (χ0) is 13.6. The number of carbonyl (C=O) groups is 1. The van der Waals surface area contributed by atoms with Crippen molar-refractivity contribution in [2.45, 2.75) is 19.9 Å². The predicted octanol–water partition coefficient (Wildman–Crippen LogP) is 1.31. The summed E-state index contributed by atoms with van der Waals surface area (Å²) in [6.07, 6.45) is 0. The Morgan fingerprint density at radius 3 is 2.65 bits per heavy atom. The molecule has 3 heterocycles. The maximum absolute atomic E-state index is 11.7. The number of hydrogen-bond acceptors (Lipinski definition) is 5. The van der Waals surface area contributed by atoms with Gasteiger partial charge in [0, 0.05) is 31.6 Å². The summed E-state index contributed by atoms with van der Waals surface area (Å²) in [6, 6.07) is 2.60. The molecule has 110 valence electrons. The summed E-state index contributed by atoms with van der Waals surface area (Å²) in [7, 11) is 1.40. The van der Waals surface area contributed by atoms with Gasteiger partial charge < -0.3 is 15.0 Å². The molecule has 2 unspecified atom stereocenters. The highest BCUT2D eigenvalue weighted by Gasteiger charge is 2.39. The maximum atomic E-state index is 11.7. The average molecular weight is 298 g/mol. The fourth-order valence-corrected chi connectivity index (χ4v) is 3.02. The lowest BCUT2D eigenvalue weighted by Crippen LogP contribution is -2.51. The van der Waals surface area contributed by atoms with Crippen LogP contribution in [0.2, 0.25) is 0 Å². The molecule has 0 spiro atoms. The summed E-state index contributed by atoms with van der Waals surface area (Å²) in [5.74, 6) is 1.42. The number of ether oxygens (including phenoxy) is 1. The second-order valence-electron chi connectivity index (χ2n) is 5.43. The Morgan fingerprint density at radius 1 is 1.45 bits per heavy atom. The van der Waals surface area contributed by atoms with Crippen molar-refractivity contribution in [3.8, 4) is 0 Å². The van der Waals surface area contributed by atoms with Crippen molar-refractivity contribution in [3.63, 3.8) is 0 Å². The van der Waals surface area contributed by atoms with E-state index in [1.54, 1.807) is 0 Å². The molecule has 6 heteroatoms. The Kier molecular flexibility index (Phi) is 4.20. The number of halogens is 1. The molecular weight excluding hydrogens is 278 g/mol. The van der Waals surface area contributed by atoms with Gasteiger partial charge in [-0.05, 0) is 25.5 Å². The van der Waals surface area contributed by atoms with E-state index in [2.05, 4.69) is 15.2 Å². The zero-order valence-corrected chi connectivity index (χ0v) is 12.8. The van der Waals surface area contributed by atoms with Gasteiger partial charge in [0.05, 0.1) is 18.4 Å². The molecule has 0 bridgehead atoms. The molecule has 0 radical (unpaired) electrons. The van der Waals surface area contributed by atoms with Crippen LogP contribution in [0.5, 0.6) is 0 Å². The number of aryl methyl sites for hydroxylation is 2. The smallest absolute Gasteiger partial charge is 0.339 e. The first-order valence-electron chi connectivity index (χ1n) is 6.65. The minimum atomic E-state index is -0.308. The predicted molar refractivity (Wildman–Crippen MR) is 79.8 cm³/mol. The van der Waals surface area contributed by atoms with Crippen molar-refractivity contribution in [1.29, 1.82) is 0 Å². The molecule has 2 aliphatic rings. The molecule has 1 aromatic heterocycles. The highest BCUT2D eigenvalue weighted by Crippen LogP contribution is 2.29. The molecule has 3 rings (SSSR count). The number of nitrogens with one attached hydrogen (secondary N) is 1. The molecule has 1 N–H and O–H groups in total. The normalized spacial score (nSPS) is 23.6. The molecule has 2 aliphatic heterocycles. The number of aromatic nitrogens is 1. The molecule has 1 aromatic rings. The molecule has 2 fully saturated rings. The number of nitrogens with zero attached hydrogens (tertiary/aromatic N) is 2. The van der Waals surface area contributed by atoms with E-state index in [9.17, 15) is 4.79 Å². The number of esters is 1. The molecule has 20 heavy (non-hydrogen) atoms. The summed E-state index contributed by atoms with van der Waals surface area (Å²) < 4.78 is 4.80. The van der Waals surface area contributed by atoms with Crippen LogP contribution in [0.25, 0.3) is 0 Å². The SMILES string of the molecule is COC(=O)c1c(C)cc(N2CC3CNC3C2)nc1C.Cl. The van der Waals surface area contributed by atoms with Gasteiger partial charge in [-0.3, -0.25) is 0 Å². The van der Waals surface area contributed by atoms with Crippen LogP contribution in [0.1, 0.15) is 21.6 Å². The third-order valence-electron chi connectivity index (χ3n) is 4.18. The van der Waals surface area contributed by atoms with Crippen LogP contribution in [0, 0.1) is 19.8 Å². The summed E-state index contributed by atoms with van der Waals surface area (Å²) in [5, 5.41) is 3.43. The molecular formula is C14H20ClN3O2. The molecule has 0 saturated carbocycles. The summed E-state index contributed by atoms with van der Waals surface area (Å²) in [5.41, 5.74) is 2.27. The van der Waals surface area contributed by atoms with E-state index in [4.69, 9.17) is 4.74 Å². The van der Waals surface area contributed by atoms with Crippen molar-refractivity contribution >= 4 is 24.2 Å². The number of hydrogen-bond donors (Lipinski definition) is 1. The molecule has 2 saturated heterocycles. The Bertz CT molecular complexity index is 500. The second kappa shape index (κ2) is 5.58. The van der Waals surface area contributed by atoms with Gasteiger partial charge in [-0.15, -0.1) is 12.4 Å². The van der Waals surface area contributed by atoms with Gasteiger partial charge in [0.25, 0.3) is 0 Å². The molecule has 0 amide bonds. The van der Waals surface area contributed by atoms with Crippen molar-refractivity contribution in [2.24, 2.45) is 5.92 Å². The largest absolute Gasteiger partial charge is 0.465 e. The summed E-state index contributed by atoms with van der Waals surface area (Å²) >= 11 is 0. The third kappa shape index (κ3) is 2.36. The number of rotatable bonds is 2. The Balaban J connectivity index is 0.00000147. The molecule has 0 aliphatic carbocycles. The lowest BCUT2D eigenvalue weighted by molar-refractivity contribution is 0.0598. The number of fused-ring (bicyclic) bond motifs is 1. The highest BCUT2D eigenvalue weighted by atomic mass is 35.5. The first kappa shape index (κ1) is 15.1. The average Bonchev–Trinajstić information content (AvgIpc) is 2.64. The highest BCUT2D eigenvalue weighted by molar-refractivity contribution is 5.92. The van der Waals surface area contributed by atoms with Crippen LogP contribution in [-0.2, 0) is 4.74 Å². The number of pyridine rings is 1. The van der Waals surface area contributed by atoms with E-state index in [0.29, 0.717) is 11.6 Å². The third-order valence-corrected chi connectivity index (χ3v) is 4.18. The van der Waals surface area contributed by atoms with Crippen molar-refractivity contribution < 1.29 is 9.53 Å². The topological polar surface area (TPSA) is 54.5 Å². The lowest BCUT2D eigenvalue weighted by atomic mass is 9.96. The summed E-state index contributed by atoms with van der Waals surface area (Å²) in [6.45, 7) is 6.98.